The molecule has 0 aliphatic carbocycles. The van der Waals surface area contributed by atoms with E-state index in [1.807, 2.05) is 22.8 Å². The Labute approximate surface area is 124 Å². The minimum Gasteiger partial charge on any atom is -0.383 e. The maximum absolute atomic E-state index is 5.99. The van der Waals surface area contributed by atoms with Crippen LogP contribution in [0.15, 0.2) is 22.7 Å². The van der Waals surface area contributed by atoms with Gasteiger partial charge in [0.05, 0.1) is 18.2 Å². The van der Waals surface area contributed by atoms with Crippen LogP contribution in [-0.4, -0.2) is 28.5 Å². The van der Waals surface area contributed by atoms with Crippen molar-refractivity contribution in [2.75, 3.05) is 13.7 Å². The highest BCUT2D eigenvalue weighted by Crippen LogP contribution is 2.28. The zero-order chi connectivity index (χ0) is 13.8. The number of hydrogen-bond acceptors (Lipinski definition) is 4. The van der Waals surface area contributed by atoms with Crippen LogP contribution in [0, 0.1) is 0 Å². The molecule has 0 spiro atoms. The van der Waals surface area contributed by atoms with Crippen LogP contribution in [0.5, 0.6) is 0 Å². The normalized spacial score (nSPS) is 10.9. The van der Waals surface area contributed by atoms with Gasteiger partial charge in [-0.2, -0.15) is 0 Å². The van der Waals surface area contributed by atoms with Gasteiger partial charge in [0, 0.05) is 23.7 Å². The van der Waals surface area contributed by atoms with Gasteiger partial charge in [0.1, 0.15) is 5.82 Å². The molecule has 0 radical (unpaired) electrons. The topological polar surface area (TPSA) is 66.0 Å². The van der Waals surface area contributed by atoms with Gasteiger partial charge in [-0.15, -0.1) is 10.2 Å². The first-order valence-electron chi connectivity index (χ1n) is 5.74. The maximum Gasteiger partial charge on any atom is 0.164 e. The monoisotopic (exact) mass is 344 g/mol. The van der Waals surface area contributed by atoms with Crippen molar-refractivity contribution in [2.24, 2.45) is 5.73 Å². The van der Waals surface area contributed by atoms with E-state index in [0.29, 0.717) is 24.7 Å². The van der Waals surface area contributed by atoms with E-state index in [1.165, 1.54) is 0 Å². The predicted octanol–water partition coefficient (Wildman–Crippen LogP) is 2.47. The fourth-order valence-corrected chi connectivity index (χ4v) is 2.25. The van der Waals surface area contributed by atoms with Crippen molar-refractivity contribution in [3.8, 4) is 11.4 Å². The van der Waals surface area contributed by atoms with Gasteiger partial charge in [-0.25, -0.2) is 0 Å². The third-order valence-electron chi connectivity index (χ3n) is 2.71. The van der Waals surface area contributed by atoms with Crippen LogP contribution in [-0.2, 0) is 17.8 Å². The maximum atomic E-state index is 5.99. The van der Waals surface area contributed by atoms with Gasteiger partial charge in [0.25, 0.3) is 0 Å². The van der Waals surface area contributed by atoms with Crippen molar-refractivity contribution in [2.45, 2.75) is 13.1 Å². The lowest BCUT2D eigenvalue weighted by Crippen LogP contribution is -2.12. The Kier molecular flexibility index (Phi) is 4.93. The fraction of sp³-hybridized carbons (Fsp3) is 0.333. The number of aromatic nitrogens is 3. The number of halogens is 2. The molecule has 2 rings (SSSR count). The van der Waals surface area contributed by atoms with Crippen molar-refractivity contribution >= 4 is 27.5 Å². The molecule has 2 N–H and O–H groups in total. The quantitative estimate of drug-likeness (QED) is 0.904. The zero-order valence-corrected chi connectivity index (χ0v) is 12.8. The fourth-order valence-electron chi connectivity index (χ4n) is 1.75. The molecule has 0 unspecified atom stereocenters. The molecular formula is C12H14BrClN4O. The molecule has 0 atom stereocenters. The molecule has 7 heteroatoms. The van der Waals surface area contributed by atoms with E-state index in [4.69, 9.17) is 22.1 Å². The van der Waals surface area contributed by atoms with Crippen LogP contribution in [0.3, 0.4) is 0 Å². The van der Waals surface area contributed by atoms with Gasteiger partial charge in [0.15, 0.2) is 5.82 Å². The highest BCUT2D eigenvalue weighted by molar-refractivity contribution is 9.10. The summed E-state index contributed by atoms with van der Waals surface area (Å²) in [6, 6.07) is 5.63. The average Bonchev–Trinajstić information content (AvgIpc) is 2.82. The summed E-state index contributed by atoms with van der Waals surface area (Å²) < 4.78 is 7.88. The van der Waals surface area contributed by atoms with Gasteiger partial charge in [-0.05, 0) is 34.1 Å². The summed E-state index contributed by atoms with van der Waals surface area (Å²) in [5, 5.41) is 8.95. The molecule has 0 aliphatic rings. The van der Waals surface area contributed by atoms with Crippen molar-refractivity contribution in [1.29, 1.82) is 0 Å². The molecule has 0 amide bonds. The third kappa shape index (κ3) is 3.14. The number of nitrogens with zero attached hydrogens (tertiary/aromatic N) is 3. The zero-order valence-electron chi connectivity index (χ0n) is 10.4. The first-order chi connectivity index (χ1) is 9.17. The molecule has 0 fully saturated rings. The lowest BCUT2D eigenvalue weighted by Gasteiger charge is -2.09. The molecule has 102 valence electrons. The molecular weight excluding hydrogens is 332 g/mol. The summed E-state index contributed by atoms with van der Waals surface area (Å²) in [6.07, 6.45) is 0. The van der Waals surface area contributed by atoms with Gasteiger partial charge in [-0.1, -0.05) is 11.6 Å². The lowest BCUT2D eigenvalue weighted by molar-refractivity contribution is 0.186. The van der Waals surface area contributed by atoms with Crippen LogP contribution in [0.25, 0.3) is 11.4 Å². The molecule has 0 saturated carbocycles. The van der Waals surface area contributed by atoms with Crippen LogP contribution < -0.4 is 5.73 Å². The van der Waals surface area contributed by atoms with E-state index in [1.54, 1.807) is 7.11 Å². The minimum atomic E-state index is 0.339. The summed E-state index contributed by atoms with van der Waals surface area (Å²) >= 11 is 9.40. The van der Waals surface area contributed by atoms with Gasteiger partial charge in [-0.3, -0.25) is 0 Å². The summed E-state index contributed by atoms with van der Waals surface area (Å²) in [5.41, 5.74) is 6.60. The Hall–Kier alpha value is -0.950. The minimum absolute atomic E-state index is 0.339. The smallest absolute Gasteiger partial charge is 0.164 e. The molecule has 0 bridgehead atoms. The predicted molar refractivity (Wildman–Crippen MR) is 77.9 cm³/mol. The van der Waals surface area contributed by atoms with Crippen molar-refractivity contribution < 1.29 is 4.74 Å². The standard InChI is InChI=1S/C12H14BrClN4O/c1-19-5-4-18-11(7-15)16-17-12(18)8-2-3-10(14)9(13)6-8/h2-3,6H,4-5,7,15H2,1H3. The Bertz CT molecular complexity index is 573. The summed E-state index contributed by atoms with van der Waals surface area (Å²) in [5.74, 6) is 1.49. The first-order valence-corrected chi connectivity index (χ1v) is 6.91. The second-order valence-electron chi connectivity index (χ2n) is 3.92. The molecule has 19 heavy (non-hydrogen) atoms. The van der Waals surface area contributed by atoms with Crippen LogP contribution in [0.4, 0.5) is 0 Å². The molecule has 2 aromatic rings. The number of methoxy groups -OCH3 is 1. The number of hydrogen-bond donors (Lipinski definition) is 1. The lowest BCUT2D eigenvalue weighted by atomic mass is 10.2. The Morgan fingerprint density at radius 1 is 1.42 bits per heavy atom. The van der Waals surface area contributed by atoms with E-state index >= 15 is 0 Å². The molecule has 1 heterocycles. The molecule has 1 aromatic heterocycles. The van der Waals surface area contributed by atoms with Crippen molar-refractivity contribution in [3.05, 3.63) is 33.5 Å². The van der Waals surface area contributed by atoms with E-state index in [9.17, 15) is 0 Å². The molecule has 0 saturated heterocycles. The molecule has 5 nitrogen and oxygen atoms in total. The Balaban J connectivity index is 2.42. The molecule has 0 aliphatic heterocycles. The SMILES string of the molecule is COCCn1c(CN)nnc1-c1ccc(Cl)c(Br)c1. The van der Waals surface area contributed by atoms with Crippen LogP contribution in [0.2, 0.25) is 5.02 Å². The van der Waals surface area contributed by atoms with Gasteiger partial charge >= 0.3 is 0 Å². The highest BCUT2D eigenvalue weighted by Gasteiger charge is 2.13. The third-order valence-corrected chi connectivity index (χ3v) is 3.92. The van der Waals surface area contributed by atoms with E-state index in [2.05, 4.69) is 26.1 Å². The van der Waals surface area contributed by atoms with Crippen LogP contribution in [0.1, 0.15) is 5.82 Å². The number of ether oxygens (including phenoxy) is 1. The summed E-state index contributed by atoms with van der Waals surface area (Å²) in [4.78, 5) is 0. The largest absolute Gasteiger partial charge is 0.383 e. The number of rotatable bonds is 5. The van der Waals surface area contributed by atoms with Crippen molar-refractivity contribution in [1.82, 2.24) is 14.8 Å². The van der Waals surface area contributed by atoms with Crippen molar-refractivity contribution in [3.63, 3.8) is 0 Å². The van der Waals surface area contributed by atoms with E-state index in [0.717, 1.165) is 21.7 Å². The highest BCUT2D eigenvalue weighted by atomic mass is 79.9. The second kappa shape index (κ2) is 6.47. The average molecular weight is 346 g/mol. The number of benzene rings is 1. The Morgan fingerprint density at radius 2 is 2.21 bits per heavy atom. The summed E-state index contributed by atoms with van der Waals surface area (Å²) in [6.45, 7) is 1.57. The Morgan fingerprint density at radius 3 is 2.84 bits per heavy atom. The first kappa shape index (κ1) is 14.5. The van der Waals surface area contributed by atoms with E-state index < -0.39 is 0 Å². The van der Waals surface area contributed by atoms with Crippen LogP contribution >= 0.6 is 27.5 Å². The summed E-state index contributed by atoms with van der Waals surface area (Å²) in [7, 11) is 1.66. The van der Waals surface area contributed by atoms with Gasteiger partial charge < -0.3 is 15.0 Å². The molecule has 1 aromatic carbocycles. The second-order valence-corrected chi connectivity index (χ2v) is 5.18. The van der Waals surface area contributed by atoms with Gasteiger partial charge in [0.2, 0.25) is 0 Å². The number of nitrogens with two attached hydrogens (primary N) is 1. The van der Waals surface area contributed by atoms with E-state index in [-0.39, 0.29) is 0 Å².